The van der Waals surface area contributed by atoms with Gasteiger partial charge in [0, 0.05) is 23.1 Å². The lowest BCUT2D eigenvalue weighted by Crippen LogP contribution is -2.37. The Hall–Kier alpha value is -2.17. The first-order chi connectivity index (χ1) is 13.1. The Balaban J connectivity index is 1.40. The first-order valence-electron chi connectivity index (χ1n) is 8.87. The van der Waals surface area contributed by atoms with E-state index in [1.807, 2.05) is 60.7 Å². The smallest absolute Gasteiger partial charge is 0.260 e. The molecule has 0 aliphatic heterocycles. The predicted molar refractivity (Wildman–Crippen MR) is 115 cm³/mol. The number of carbonyl (C=O) groups is 1. The summed E-state index contributed by atoms with van der Waals surface area (Å²) in [7, 11) is 0. The number of thioether (sulfide) groups is 1. The topological polar surface area (TPSA) is 38.3 Å². The van der Waals surface area contributed by atoms with Crippen LogP contribution in [0.3, 0.4) is 0 Å². The number of hydrogen-bond acceptors (Lipinski definition) is 3. The van der Waals surface area contributed by atoms with Gasteiger partial charge in [-0.2, -0.15) is 11.8 Å². The highest BCUT2D eigenvalue weighted by Gasteiger charge is 2.14. The summed E-state index contributed by atoms with van der Waals surface area (Å²) in [6.07, 6.45) is -0.535. The highest BCUT2D eigenvalue weighted by molar-refractivity contribution is 7.98. The van der Waals surface area contributed by atoms with Gasteiger partial charge in [-0.3, -0.25) is 4.79 Å². The zero-order valence-corrected chi connectivity index (χ0v) is 16.7. The van der Waals surface area contributed by atoms with Crippen LogP contribution in [0.25, 0.3) is 10.8 Å². The van der Waals surface area contributed by atoms with Crippen LogP contribution in [0.15, 0.2) is 66.7 Å². The van der Waals surface area contributed by atoms with E-state index in [1.165, 1.54) is 5.56 Å². The Labute approximate surface area is 169 Å². The molecule has 3 nitrogen and oxygen atoms in total. The predicted octanol–water partition coefficient (Wildman–Crippen LogP) is 5.31. The van der Waals surface area contributed by atoms with E-state index in [4.69, 9.17) is 16.3 Å². The second-order valence-electron chi connectivity index (χ2n) is 6.24. The molecule has 0 heterocycles. The zero-order chi connectivity index (χ0) is 19.1. The van der Waals surface area contributed by atoms with Gasteiger partial charge >= 0.3 is 0 Å². The molecule has 3 aromatic rings. The van der Waals surface area contributed by atoms with E-state index in [-0.39, 0.29) is 5.91 Å². The molecule has 0 spiro atoms. The van der Waals surface area contributed by atoms with E-state index in [1.54, 1.807) is 18.7 Å². The second kappa shape index (κ2) is 9.67. The summed E-state index contributed by atoms with van der Waals surface area (Å²) < 4.78 is 5.79. The number of benzene rings is 3. The molecule has 0 saturated carbocycles. The molecule has 1 atom stereocenters. The Morgan fingerprint density at radius 1 is 1.07 bits per heavy atom. The van der Waals surface area contributed by atoms with Gasteiger partial charge in [0.15, 0.2) is 6.10 Å². The van der Waals surface area contributed by atoms with Crippen LogP contribution < -0.4 is 10.1 Å². The van der Waals surface area contributed by atoms with Crippen molar-refractivity contribution in [2.75, 3.05) is 12.3 Å². The molecule has 0 radical (unpaired) electrons. The second-order valence-corrected chi connectivity index (χ2v) is 7.78. The van der Waals surface area contributed by atoms with Crippen molar-refractivity contribution in [1.29, 1.82) is 0 Å². The summed E-state index contributed by atoms with van der Waals surface area (Å²) in [6, 6.07) is 21.8. The molecule has 140 valence electrons. The summed E-state index contributed by atoms with van der Waals surface area (Å²) in [5, 5.41) is 5.93. The molecule has 0 aliphatic carbocycles. The third-order valence-corrected chi connectivity index (χ3v) is 5.41. The maximum absolute atomic E-state index is 12.2. The van der Waals surface area contributed by atoms with E-state index in [0.29, 0.717) is 12.3 Å². The number of rotatable bonds is 8. The van der Waals surface area contributed by atoms with Gasteiger partial charge in [-0.05, 0) is 47.5 Å². The van der Waals surface area contributed by atoms with Crippen LogP contribution >= 0.6 is 23.4 Å². The van der Waals surface area contributed by atoms with Crippen LogP contribution in [-0.2, 0) is 10.5 Å². The Morgan fingerprint density at radius 2 is 1.81 bits per heavy atom. The molecule has 0 saturated heterocycles. The molecule has 1 N–H and O–H groups in total. The third kappa shape index (κ3) is 5.91. The van der Waals surface area contributed by atoms with E-state index < -0.39 is 6.10 Å². The molecular formula is C22H22ClNO2S. The quantitative estimate of drug-likeness (QED) is 0.521. The summed E-state index contributed by atoms with van der Waals surface area (Å²) in [4.78, 5) is 12.2. The number of halogens is 1. The summed E-state index contributed by atoms with van der Waals surface area (Å²) in [6.45, 7) is 2.38. The number of amides is 1. The fraction of sp³-hybridized carbons (Fsp3) is 0.227. The first kappa shape index (κ1) is 19.6. The SMILES string of the molecule is CC(Oc1ccc2ccccc2c1)C(=O)NCCSCc1ccc(Cl)cc1. The van der Waals surface area contributed by atoms with Gasteiger partial charge in [-0.25, -0.2) is 0 Å². The number of carbonyl (C=O) groups excluding carboxylic acids is 1. The fourth-order valence-corrected chi connectivity index (χ4v) is 3.60. The summed E-state index contributed by atoms with van der Waals surface area (Å²) >= 11 is 7.65. The number of fused-ring (bicyclic) bond motifs is 1. The average molecular weight is 400 g/mol. The van der Waals surface area contributed by atoms with E-state index in [2.05, 4.69) is 11.4 Å². The van der Waals surface area contributed by atoms with Crippen LogP contribution in [-0.4, -0.2) is 24.3 Å². The van der Waals surface area contributed by atoms with Gasteiger partial charge in [0.25, 0.3) is 5.91 Å². The first-order valence-corrected chi connectivity index (χ1v) is 10.4. The van der Waals surface area contributed by atoms with Crippen LogP contribution in [0, 0.1) is 0 Å². The molecule has 0 aliphatic rings. The van der Waals surface area contributed by atoms with Crippen molar-refractivity contribution in [2.45, 2.75) is 18.8 Å². The van der Waals surface area contributed by atoms with Gasteiger partial charge in [0.05, 0.1) is 0 Å². The van der Waals surface area contributed by atoms with Gasteiger partial charge in [0.2, 0.25) is 0 Å². The Bertz CT molecular complexity index is 898. The van der Waals surface area contributed by atoms with Gasteiger partial charge in [-0.15, -0.1) is 0 Å². The van der Waals surface area contributed by atoms with Crippen molar-refractivity contribution in [1.82, 2.24) is 5.32 Å². The largest absolute Gasteiger partial charge is 0.481 e. The van der Waals surface area contributed by atoms with Gasteiger partial charge in [0.1, 0.15) is 5.75 Å². The molecule has 0 bridgehead atoms. The van der Waals surface area contributed by atoms with E-state index in [0.717, 1.165) is 27.3 Å². The number of hydrogen-bond donors (Lipinski definition) is 1. The monoisotopic (exact) mass is 399 g/mol. The van der Waals surface area contributed by atoms with E-state index in [9.17, 15) is 4.79 Å². The highest BCUT2D eigenvalue weighted by Crippen LogP contribution is 2.21. The van der Waals surface area contributed by atoms with Crippen LogP contribution in [0.2, 0.25) is 5.02 Å². The van der Waals surface area contributed by atoms with Crippen molar-refractivity contribution in [3.8, 4) is 5.75 Å². The van der Waals surface area contributed by atoms with Crippen LogP contribution in [0.5, 0.6) is 5.75 Å². The van der Waals surface area contributed by atoms with Crippen molar-refractivity contribution in [3.05, 3.63) is 77.3 Å². The van der Waals surface area contributed by atoms with Crippen molar-refractivity contribution in [3.63, 3.8) is 0 Å². The normalized spacial score (nSPS) is 11.9. The Kier molecular flexibility index (Phi) is 7.02. The fourth-order valence-electron chi connectivity index (χ4n) is 2.66. The molecular weight excluding hydrogens is 378 g/mol. The number of nitrogens with one attached hydrogen (secondary N) is 1. The van der Waals surface area contributed by atoms with Crippen molar-refractivity contribution in [2.24, 2.45) is 0 Å². The summed E-state index contributed by atoms with van der Waals surface area (Å²) in [5.74, 6) is 2.34. The number of ether oxygens (including phenoxy) is 1. The Morgan fingerprint density at radius 3 is 2.59 bits per heavy atom. The maximum atomic E-state index is 12.2. The van der Waals surface area contributed by atoms with Crippen LogP contribution in [0.4, 0.5) is 0 Å². The van der Waals surface area contributed by atoms with Crippen molar-refractivity contribution >= 4 is 40.0 Å². The standard InChI is InChI=1S/C22H22ClNO2S/c1-16(26-21-11-8-18-4-2-3-5-19(18)14-21)22(25)24-12-13-27-15-17-6-9-20(23)10-7-17/h2-11,14,16H,12-13,15H2,1H3,(H,24,25). The molecule has 1 unspecified atom stereocenters. The van der Waals surface area contributed by atoms with Crippen LogP contribution in [0.1, 0.15) is 12.5 Å². The molecule has 3 aromatic carbocycles. The van der Waals surface area contributed by atoms with Crippen molar-refractivity contribution < 1.29 is 9.53 Å². The highest BCUT2D eigenvalue weighted by atomic mass is 35.5. The molecule has 5 heteroatoms. The molecule has 0 aromatic heterocycles. The third-order valence-electron chi connectivity index (χ3n) is 4.13. The molecule has 0 fully saturated rings. The minimum Gasteiger partial charge on any atom is -0.481 e. The maximum Gasteiger partial charge on any atom is 0.260 e. The van der Waals surface area contributed by atoms with Gasteiger partial charge in [-0.1, -0.05) is 54.1 Å². The summed E-state index contributed by atoms with van der Waals surface area (Å²) in [5.41, 5.74) is 1.23. The lowest BCUT2D eigenvalue weighted by atomic mass is 10.1. The van der Waals surface area contributed by atoms with E-state index >= 15 is 0 Å². The lowest BCUT2D eigenvalue weighted by Gasteiger charge is -2.15. The minimum absolute atomic E-state index is 0.102. The van der Waals surface area contributed by atoms with Gasteiger partial charge < -0.3 is 10.1 Å². The zero-order valence-electron chi connectivity index (χ0n) is 15.2. The lowest BCUT2D eigenvalue weighted by molar-refractivity contribution is -0.127. The molecule has 3 rings (SSSR count). The molecule has 27 heavy (non-hydrogen) atoms. The minimum atomic E-state index is -0.535. The molecule has 1 amide bonds. The average Bonchev–Trinajstić information content (AvgIpc) is 2.69.